The van der Waals surface area contributed by atoms with Gasteiger partial charge in [0, 0.05) is 7.05 Å². The van der Waals surface area contributed by atoms with Crippen LogP contribution in [0.1, 0.15) is 0 Å². The van der Waals surface area contributed by atoms with Crippen LogP contribution in [0.2, 0.25) is 0 Å². The number of fused-ring (bicyclic) bond motifs is 1. The van der Waals surface area contributed by atoms with Gasteiger partial charge in [-0.15, -0.1) is 0 Å². The summed E-state index contributed by atoms with van der Waals surface area (Å²) in [6.07, 6.45) is 1.59. The standard InChI is InChI=1S/C11H12N6O2S/c1-12-20(18,19)7-3-4-8-9(5-7)15-11(14-8)10-6-13-17(2)16-10/h3-6,12H,1-2H3,(H,14,15). The van der Waals surface area contributed by atoms with Crippen molar-refractivity contribution in [2.24, 2.45) is 7.05 Å². The minimum Gasteiger partial charge on any atom is -0.336 e. The van der Waals surface area contributed by atoms with Crippen molar-refractivity contribution in [2.45, 2.75) is 4.90 Å². The lowest BCUT2D eigenvalue weighted by Crippen LogP contribution is -2.18. The van der Waals surface area contributed by atoms with Crippen LogP contribution < -0.4 is 4.72 Å². The van der Waals surface area contributed by atoms with Gasteiger partial charge in [0.1, 0.15) is 5.69 Å². The van der Waals surface area contributed by atoms with E-state index in [1.165, 1.54) is 24.0 Å². The largest absolute Gasteiger partial charge is 0.336 e. The number of imidazole rings is 1. The van der Waals surface area contributed by atoms with Gasteiger partial charge < -0.3 is 4.98 Å². The first-order chi connectivity index (χ1) is 9.49. The lowest BCUT2D eigenvalue weighted by Gasteiger charge is -2.01. The summed E-state index contributed by atoms with van der Waals surface area (Å²) in [6.45, 7) is 0. The molecule has 104 valence electrons. The Bertz CT molecular complexity index is 879. The third-order valence-electron chi connectivity index (χ3n) is 2.87. The summed E-state index contributed by atoms with van der Waals surface area (Å²) < 4.78 is 25.8. The van der Waals surface area contributed by atoms with E-state index in [1.54, 1.807) is 19.3 Å². The summed E-state index contributed by atoms with van der Waals surface area (Å²) in [6, 6.07) is 4.69. The molecule has 0 aliphatic carbocycles. The highest BCUT2D eigenvalue weighted by Gasteiger charge is 2.14. The van der Waals surface area contributed by atoms with E-state index >= 15 is 0 Å². The predicted octanol–water partition coefficient (Wildman–Crippen LogP) is 0.266. The van der Waals surface area contributed by atoms with E-state index < -0.39 is 10.0 Å². The van der Waals surface area contributed by atoms with E-state index in [-0.39, 0.29) is 4.90 Å². The third kappa shape index (κ3) is 2.06. The predicted molar refractivity (Wildman–Crippen MR) is 72.3 cm³/mol. The quantitative estimate of drug-likeness (QED) is 0.720. The molecule has 0 amide bonds. The molecule has 0 atom stereocenters. The second-order valence-electron chi connectivity index (χ2n) is 4.19. The van der Waals surface area contributed by atoms with Crippen LogP contribution in [-0.4, -0.2) is 40.4 Å². The molecule has 2 heterocycles. The average Bonchev–Trinajstić information content (AvgIpc) is 3.03. The third-order valence-corrected chi connectivity index (χ3v) is 4.29. The van der Waals surface area contributed by atoms with Crippen molar-refractivity contribution in [3.63, 3.8) is 0 Å². The zero-order valence-corrected chi connectivity index (χ0v) is 11.6. The molecule has 0 radical (unpaired) electrons. The summed E-state index contributed by atoms with van der Waals surface area (Å²) in [5.74, 6) is 0.548. The fourth-order valence-electron chi connectivity index (χ4n) is 1.85. The summed E-state index contributed by atoms with van der Waals surface area (Å²) in [7, 11) is -0.386. The number of nitrogens with one attached hydrogen (secondary N) is 2. The van der Waals surface area contributed by atoms with E-state index in [9.17, 15) is 8.42 Å². The lowest BCUT2D eigenvalue weighted by atomic mass is 10.3. The maximum atomic E-state index is 11.8. The molecule has 0 aliphatic rings. The van der Waals surface area contributed by atoms with Gasteiger partial charge in [0.15, 0.2) is 5.82 Å². The van der Waals surface area contributed by atoms with E-state index in [2.05, 4.69) is 24.9 Å². The number of aromatic amines is 1. The van der Waals surface area contributed by atoms with Crippen LogP contribution in [-0.2, 0) is 17.1 Å². The highest BCUT2D eigenvalue weighted by atomic mass is 32.2. The molecule has 2 N–H and O–H groups in total. The molecule has 0 unspecified atom stereocenters. The Morgan fingerprint density at radius 2 is 2.15 bits per heavy atom. The highest BCUT2D eigenvalue weighted by molar-refractivity contribution is 7.89. The van der Waals surface area contributed by atoms with E-state index in [1.807, 2.05) is 0 Å². The Balaban J connectivity index is 2.13. The molecule has 0 fully saturated rings. The summed E-state index contributed by atoms with van der Waals surface area (Å²) >= 11 is 0. The smallest absolute Gasteiger partial charge is 0.240 e. The Morgan fingerprint density at radius 1 is 1.35 bits per heavy atom. The number of rotatable bonds is 3. The number of H-pyrrole nitrogens is 1. The topological polar surface area (TPSA) is 106 Å². The maximum Gasteiger partial charge on any atom is 0.240 e. The van der Waals surface area contributed by atoms with Gasteiger partial charge in [0.05, 0.1) is 22.1 Å². The van der Waals surface area contributed by atoms with E-state index in [4.69, 9.17) is 0 Å². The zero-order valence-electron chi connectivity index (χ0n) is 10.8. The zero-order chi connectivity index (χ0) is 14.3. The molecule has 0 saturated heterocycles. The van der Waals surface area contributed by atoms with E-state index in [0.29, 0.717) is 22.6 Å². The maximum absolute atomic E-state index is 11.8. The minimum atomic E-state index is -3.47. The van der Waals surface area contributed by atoms with Gasteiger partial charge in [0.25, 0.3) is 0 Å². The van der Waals surface area contributed by atoms with Crippen LogP contribution >= 0.6 is 0 Å². The number of sulfonamides is 1. The van der Waals surface area contributed by atoms with Crippen LogP contribution in [0.5, 0.6) is 0 Å². The average molecular weight is 292 g/mol. The van der Waals surface area contributed by atoms with Crippen molar-refractivity contribution in [3.8, 4) is 11.5 Å². The van der Waals surface area contributed by atoms with Crippen molar-refractivity contribution < 1.29 is 8.42 Å². The molecule has 0 spiro atoms. The Hall–Kier alpha value is -2.26. The first kappa shape index (κ1) is 12.8. The Kier molecular flexibility index (Phi) is 2.80. The first-order valence-corrected chi connectivity index (χ1v) is 7.28. The Labute approximate surface area is 114 Å². The number of nitrogens with zero attached hydrogens (tertiary/aromatic N) is 4. The van der Waals surface area contributed by atoms with Gasteiger partial charge >= 0.3 is 0 Å². The Morgan fingerprint density at radius 3 is 2.80 bits per heavy atom. The van der Waals surface area contributed by atoms with Crippen LogP contribution in [0.4, 0.5) is 0 Å². The molecule has 2 aromatic heterocycles. The molecule has 0 bridgehead atoms. The number of aromatic nitrogens is 5. The van der Waals surface area contributed by atoms with Crippen molar-refractivity contribution in [3.05, 3.63) is 24.4 Å². The van der Waals surface area contributed by atoms with Gasteiger partial charge in [-0.1, -0.05) is 0 Å². The van der Waals surface area contributed by atoms with Crippen LogP contribution in [0, 0.1) is 0 Å². The molecular formula is C11H12N6O2S. The molecule has 0 aliphatic heterocycles. The van der Waals surface area contributed by atoms with Crippen molar-refractivity contribution in [1.82, 2.24) is 29.7 Å². The molecule has 8 nitrogen and oxygen atoms in total. The molecule has 3 rings (SSSR count). The molecule has 0 saturated carbocycles. The molecule has 9 heteroatoms. The molecule has 20 heavy (non-hydrogen) atoms. The summed E-state index contributed by atoms with van der Waals surface area (Å²) in [5.41, 5.74) is 1.89. The summed E-state index contributed by atoms with van der Waals surface area (Å²) in [5, 5.41) is 8.12. The van der Waals surface area contributed by atoms with Gasteiger partial charge in [0.2, 0.25) is 10.0 Å². The van der Waals surface area contributed by atoms with Crippen LogP contribution in [0.25, 0.3) is 22.6 Å². The van der Waals surface area contributed by atoms with Crippen LogP contribution in [0.3, 0.4) is 0 Å². The molecule has 3 aromatic rings. The summed E-state index contributed by atoms with van der Waals surface area (Å²) in [4.78, 5) is 9.01. The minimum absolute atomic E-state index is 0.182. The SMILES string of the molecule is CNS(=O)(=O)c1ccc2nc(-c3cnn(C)n3)[nH]c2c1. The van der Waals surface area contributed by atoms with Crippen molar-refractivity contribution >= 4 is 21.1 Å². The molecular weight excluding hydrogens is 280 g/mol. The number of hydrogen-bond donors (Lipinski definition) is 2. The van der Waals surface area contributed by atoms with E-state index in [0.717, 1.165) is 0 Å². The molecule has 1 aromatic carbocycles. The second kappa shape index (κ2) is 4.39. The fraction of sp³-hybridized carbons (Fsp3) is 0.182. The van der Waals surface area contributed by atoms with Gasteiger partial charge in [-0.2, -0.15) is 15.0 Å². The van der Waals surface area contributed by atoms with Crippen LogP contribution in [0.15, 0.2) is 29.3 Å². The number of benzene rings is 1. The van der Waals surface area contributed by atoms with Gasteiger partial charge in [-0.3, -0.25) is 0 Å². The first-order valence-electron chi connectivity index (χ1n) is 5.79. The lowest BCUT2D eigenvalue weighted by molar-refractivity contribution is 0.588. The monoisotopic (exact) mass is 292 g/mol. The fourth-order valence-corrected chi connectivity index (χ4v) is 2.61. The number of hydrogen-bond acceptors (Lipinski definition) is 5. The normalized spacial score (nSPS) is 12.1. The number of aryl methyl sites for hydroxylation is 1. The van der Waals surface area contributed by atoms with Gasteiger partial charge in [-0.25, -0.2) is 18.1 Å². The van der Waals surface area contributed by atoms with Crippen molar-refractivity contribution in [1.29, 1.82) is 0 Å². The second-order valence-corrected chi connectivity index (χ2v) is 6.08. The van der Waals surface area contributed by atoms with Gasteiger partial charge in [-0.05, 0) is 25.2 Å². The highest BCUT2D eigenvalue weighted by Crippen LogP contribution is 2.21. The van der Waals surface area contributed by atoms with Crippen molar-refractivity contribution in [2.75, 3.05) is 7.05 Å².